The zero-order valence-electron chi connectivity index (χ0n) is 28.3. The molecule has 0 saturated carbocycles. The van der Waals surface area contributed by atoms with Gasteiger partial charge in [-0.2, -0.15) is 10.2 Å². The van der Waals surface area contributed by atoms with E-state index in [1.165, 1.54) is 58.3 Å². The van der Waals surface area contributed by atoms with Crippen molar-refractivity contribution in [3.63, 3.8) is 0 Å². The number of rotatable bonds is 12. The van der Waals surface area contributed by atoms with Crippen LogP contribution in [0.1, 0.15) is 61.7 Å². The molecule has 2 aliphatic rings. The molecule has 272 valence electrons. The lowest BCUT2D eigenvalue weighted by molar-refractivity contribution is 0.103. The van der Waals surface area contributed by atoms with E-state index in [1.54, 1.807) is 46.9 Å². The number of hydrazone groups is 2. The molecule has 11 nitrogen and oxygen atoms in total. The quantitative estimate of drug-likeness (QED) is 0.0934. The average Bonchev–Trinajstić information content (AvgIpc) is 4.03. The number of carbonyl (C=O) groups excluding carboxylic acids is 1. The average molecular weight is 793 g/mol. The molecule has 0 spiro atoms. The lowest BCUT2D eigenvalue weighted by atomic mass is 10.0. The van der Waals surface area contributed by atoms with E-state index in [0.717, 1.165) is 35.4 Å². The molecule has 4 N–H and O–H groups in total. The standard InChI is InChI=1S/C39H32N6O5S4/c46-39(27-5-1-7-31(21-27)53(47,48)44-29-15-11-25(12-16-29)33-23-35(42-40-33)37-9-3-19-51-37)28-6-2-8-32(22-28)54(49,50)45-30-17-13-26(14-18-30)34-24-36(43-41-34)38-10-4-20-52-38/h1-22,35-36,42-45H,23-24H2. The van der Waals surface area contributed by atoms with Crippen molar-refractivity contribution in [2.45, 2.75) is 34.7 Å². The molecule has 15 heteroatoms. The smallest absolute Gasteiger partial charge is 0.261 e. The van der Waals surface area contributed by atoms with E-state index in [4.69, 9.17) is 0 Å². The van der Waals surface area contributed by atoms with Crippen LogP contribution in [0.25, 0.3) is 0 Å². The summed E-state index contributed by atoms with van der Waals surface area (Å²) in [4.78, 5) is 15.7. The first-order valence-corrected chi connectivity index (χ1v) is 21.6. The van der Waals surface area contributed by atoms with Crippen molar-refractivity contribution in [2.75, 3.05) is 9.44 Å². The normalized spacial score (nSPS) is 16.9. The Labute approximate surface area is 320 Å². The highest BCUT2D eigenvalue weighted by molar-refractivity contribution is 7.93. The summed E-state index contributed by atoms with van der Waals surface area (Å²) in [6.07, 6.45) is 1.44. The lowest BCUT2D eigenvalue weighted by Gasteiger charge is -2.11. The van der Waals surface area contributed by atoms with Crippen molar-refractivity contribution in [2.24, 2.45) is 10.2 Å². The molecule has 4 aromatic carbocycles. The van der Waals surface area contributed by atoms with Crippen LogP contribution in [-0.4, -0.2) is 34.0 Å². The Hall–Kier alpha value is -5.61. The number of nitrogens with zero attached hydrogens (tertiary/aromatic N) is 2. The van der Waals surface area contributed by atoms with Crippen molar-refractivity contribution in [3.05, 3.63) is 164 Å². The molecule has 2 atom stereocenters. The Morgan fingerprint density at radius 1 is 0.574 bits per heavy atom. The van der Waals surface area contributed by atoms with Crippen molar-refractivity contribution >= 4 is 71.3 Å². The Morgan fingerprint density at radius 2 is 1.00 bits per heavy atom. The summed E-state index contributed by atoms with van der Waals surface area (Å²) < 4.78 is 58.7. The first kappa shape index (κ1) is 35.4. The molecular formula is C39H32N6O5S4. The molecule has 6 aromatic rings. The molecule has 2 aliphatic heterocycles. The largest absolute Gasteiger partial charge is 0.301 e. The second-order valence-corrected chi connectivity index (χ2v) is 18.0. The molecule has 0 saturated heterocycles. The van der Waals surface area contributed by atoms with Crippen LogP contribution in [0.3, 0.4) is 0 Å². The summed E-state index contributed by atoms with van der Waals surface area (Å²) in [6, 6.07) is 33.5. The first-order valence-electron chi connectivity index (χ1n) is 16.8. The van der Waals surface area contributed by atoms with E-state index in [2.05, 4.69) is 42.6 Å². The van der Waals surface area contributed by atoms with Crippen LogP contribution < -0.4 is 20.3 Å². The van der Waals surface area contributed by atoms with Crippen molar-refractivity contribution in [1.82, 2.24) is 10.9 Å². The number of anilines is 2. The number of thiophene rings is 2. The minimum atomic E-state index is -4.07. The number of hydrogen-bond donors (Lipinski definition) is 4. The van der Waals surface area contributed by atoms with Crippen LogP contribution in [0.5, 0.6) is 0 Å². The lowest BCUT2D eigenvalue weighted by Crippen LogP contribution is -2.15. The van der Waals surface area contributed by atoms with E-state index in [1.807, 2.05) is 47.2 Å². The minimum absolute atomic E-state index is 0.0870. The third-order valence-electron chi connectivity index (χ3n) is 9.03. The van der Waals surface area contributed by atoms with E-state index in [0.29, 0.717) is 11.4 Å². The van der Waals surface area contributed by atoms with Crippen LogP contribution in [0.2, 0.25) is 0 Å². The monoisotopic (exact) mass is 792 g/mol. The molecule has 0 fully saturated rings. The number of benzene rings is 4. The van der Waals surface area contributed by atoms with Gasteiger partial charge in [-0.25, -0.2) is 16.8 Å². The van der Waals surface area contributed by atoms with E-state index >= 15 is 0 Å². The molecule has 54 heavy (non-hydrogen) atoms. The maximum atomic E-state index is 13.6. The third kappa shape index (κ3) is 7.57. The van der Waals surface area contributed by atoms with Crippen LogP contribution in [0.4, 0.5) is 11.4 Å². The van der Waals surface area contributed by atoms with Gasteiger partial charge in [-0.15, -0.1) is 22.7 Å². The van der Waals surface area contributed by atoms with E-state index < -0.39 is 25.8 Å². The maximum absolute atomic E-state index is 13.6. The van der Waals surface area contributed by atoms with Gasteiger partial charge >= 0.3 is 0 Å². The van der Waals surface area contributed by atoms with Gasteiger partial charge in [0.15, 0.2) is 5.78 Å². The fourth-order valence-corrected chi connectivity index (χ4v) is 9.97. The predicted octanol–water partition coefficient (Wildman–Crippen LogP) is 7.52. The second-order valence-electron chi connectivity index (χ2n) is 12.7. The van der Waals surface area contributed by atoms with Crippen LogP contribution in [0, 0.1) is 0 Å². The summed E-state index contributed by atoms with van der Waals surface area (Å²) >= 11 is 3.33. The fraction of sp³-hybridized carbons (Fsp3) is 0.103. The van der Waals surface area contributed by atoms with Crippen molar-refractivity contribution in [1.29, 1.82) is 0 Å². The van der Waals surface area contributed by atoms with Crippen LogP contribution in [0.15, 0.2) is 152 Å². The zero-order chi connectivity index (χ0) is 37.3. The fourth-order valence-electron chi connectivity index (χ4n) is 6.22. The van der Waals surface area contributed by atoms with Crippen LogP contribution in [-0.2, 0) is 20.0 Å². The highest BCUT2D eigenvalue weighted by Gasteiger charge is 2.24. The molecule has 2 aromatic heterocycles. The van der Waals surface area contributed by atoms with Gasteiger partial charge in [-0.3, -0.25) is 14.2 Å². The molecule has 2 unspecified atom stereocenters. The first-order chi connectivity index (χ1) is 26.1. The molecule has 0 radical (unpaired) electrons. The summed E-state index contributed by atoms with van der Waals surface area (Å²) in [5.74, 6) is -0.531. The van der Waals surface area contributed by atoms with Gasteiger partial charge in [0, 0.05) is 45.1 Å². The number of sulfonamides is 2. The van der Waals surface area contributed by atoms with Gasteiger partial charge in [-0.1, -0.05) is 60.7 Å². The molecule has 4 heterocycles. The topological polar surface area (TPSA) is 158 Å². The molecule has 0 bridgehead atoms. The SMILES string of the molecule is O=C(c1cccc(S(=O)(=O)Nc2ccc(C3=NNC(c4cccs4)C3)cc2)c1)c1cccc(S(=O)(=O)Nc2ccc(C3=NNC(c4cccs4)C3)cc2)c1. The number of hydrogen-bond acceptors (Lipinski definition) is 11. The highest BCUT2D eigenvalue weighted by atomic mass is 32.2. The Bertz CT molecular complexity index is 2420. The molecular weight excluding hydrogens is 761 g/mol. The van der Waals surface area contributed by atoms with Gasteiger partial charge in [0.2, 0.25) is 0 Å². The molecule has 8 rings (SSSR count). The van der Waals surface area contributed by atoms with E-state index in [-0.39, 0.29) is 33.0 Å². The summed E-state index contributed by atoms with van der Waals surface area (Å²) in [5.41, 5.74) is 10.7. The number of nitrogens with one attached hydrogen (secondary N) is 4. The van der Waals surface area contributed by atoms with Crippen molar-refractivity contribution in [3.8, 4) is 0 Å². The van der Waals surface area contributed by atoms with Gasteiger partial charge < -0.3 is 10.9 Å². The number of carbonyl (C=O) groups is 1. The van der Waals surface area contributed by atoms with Gasteiger partial charge in [0.1, 0.15) is 0 Å². The Kier molecular flexibility index (Phi) is 9.62. The Morgan fingerprint density at radius 3 is 1.39 bits per heavy atom. The highest BCUT2D eigenvalue weighted by Crippen LogP contribution is 2.30. The minimum Gasteiger partial charge on any atom is -0.301 e. The summed E-state index contributed by atoms with van der Waals surface area (Å²) in [7, 11) is -8.14. The van der Waals surface area contributed by atoms with Gasteiger partial charge in [-0.05, 0) is 82.6 Å². The summed E-state index contributed by atoms with van der Waals surface area (Å²) in [5, 5.41) is 13.0. The predicted molar refractivity (Wildman–Crippen MR) is 214 cm³/mol. The van der Waals surface area contributed by atoms with E-state index in [9.17, 15) is 21.6 Å². The molecule has 0 aliphatic carbocycles. The second kappa shape index (κ2) is 14.7. The molecule has 0 amide bonds. The number of ketones is 1. The Balaban J connectivity index is 0.916. The van der Waals surface area contributed by atoms with Crippen molar-refractivity contribution < 1.29 is 21.6 Å². The maximum Gasteiger partial charge on any atom is 0.261 e. The van der Waals surface area contributed by atoms with Gasteiger partial charge in [0.25, 0.3) is 20.0 Å². The van der Waals surface area contributed by atoms with Gasteiger partial charge in [0.05, 0.1) is 33.3 Å². The zero-order valence-corrected chi connectivity index (χ0v) is 31.6. The van der Waals surface area contributed by atoms with Crippen LogP contribution >= 0.6 is 22.7 Å². The summed E-state index contributed by atoms with van der Waals surface area (Å²) in [6.45, 7) is 0. The third-order valence-corrected chi connectivity index (χ3v) is 13.8.